The zero-order valence-electron chi connectivity index (χ0n) is 14.3. The van der Waals surface area contributed by atoms with Crippen molar-refractivity contribution in [2.45, 2.75) is 13.0 Å². The van der Waals surface area contributed by atoms with E-state index in [1.165, 1.54) is 12.1 Å². The van der Waals surface area contributed by atoms with Gasteiger partial charge in [-0.15, -0.1) is 10.2 Å². The van der Waals surface area contributed by atoms with Crippen molar-refractivity contribution in [2.75, 3.05) is 18.0 Å². The first kappa shape index (κ1) is 16.6. The lowest BCUT2D eigenvalue weighted by Crippen LogP contribution is -2.59. The number of carbonyl (C=O) groups is 1. The molecule has 1 amide bonds. The zero-order valence-corrected chi connectivity index (χ0v) is 15.1. The highest BCUT2D eigenvalue weighted by molar-refractivity contribution is 7.15. The minimum Gasteiger partial charge on any atom is -0.344 e. The van der Waals surface area contributed by atoms with Crippen LogP contribution < -0.4 is 10.2 Å². The van der Waals surface area contributed by atoms with Crippen LogP contribution in [-0.2, 0) is 7.05 Å². The number of rotatable bonds is 4. The van der Waals surface area contributed by atoms with E-state index in [9.17, 15) is 9.18 Å². The molecule has 1 fully saturated rings. The summed E-state index contributed by atoms with van der Waals surface area (Å²) in [5.41, 5.74) is 1.87. The van der Waals surface area contributed by atoms with E-state index in [0.29, 0.717) is 24.5 Å². The van der Waals surface area contributed by atoms with E-state index < -0.39 is 0 Å². The molecule has 0 radical (unpaired) electrons. The Morgan fingerprint density at radius 2 is 2.00 bits per heavy atom. The Bertz CT molecular complexity index is 945. The highest BCUT2D eigenvalue weighted by Crippen LogP contribution is 2.25. The number of carbonyl (C=O) groups excluding carboxylic acids is 1. The van der Waals surface area contributed by atoms with Gasteiger partial charge in [0.15, 0.2) is 0 Å². The molecule has 0 saturated carbocycles. The Hall–Kier alpha value is -2.81. The molecule has 1 aliphatic heterocycles. The molecule has 0 bridgehead atoms. The van der Waals surface area contributed by atoms with Gasteiger partial charge in [-0.2, -0.15) is 5.10 Å². The monoisotopic (exact) mass is 372 g/mol. The van der Waals surface area contributed by atoms with Gasteiger partial charge >= 0.3 is 0 Å². The summed E-state index contributed by atoms with van der Waals surface area (Å²) in [6, 6.07) is 7.83. The number of aryl methyl sites for hydroxylation is 2. The summed E-state index contributed by atoms with van der Waals surface area (Å²) < 4.78 is 14.6. The summed E-state index contributed by atoms with van der Waals surface area (Å²) in [6.45, 7) is 3.34. The maximum atomic E-state index is 13.1. The number of hydrogen-bond donors (Lipinski definition) is 1. The van der Waals surface area contributed by atoms with E-state index in [1.807, 2.05) is 6.92 Å². The molecule has 26 heavy (non-hydrogen) atoms. The molecule has 7 nitrogen and oxygen atoms in total. The molecule has 0 aliphatic carbocycles. The standard InChI is InChI=1S/C17H17FN6OS/c1-10-20-21-17(26-10)24-8-13(9-24)19-16(25)15-7-14(22-23(15)2)11-3-5-12(18)6-4-11/h3-7,13H,8-9H2,1-2H3,(H,19,25). The van der Waals surface area contributed by atoms with E-state index in [1.54, 1.807) is 41.3 Å². The van der Waals surface area contributed by atoms with Gasteiger partial charge in [-0.05, 0) is 37.3 Å². The Labute approximate surface area is 153 Å². The maximum Gasteiger partial charge on any atom is 0.269 e. The van der Waals surface area contributed by atoms with Gasteiger partial charge < -0.3 is 10.2 Å². The molecule has 0 unspecified atom stereocenters. The first-order valence-corrected chi connectivity index (χ1v) is 8.97. The first-order chi connectivity index (χ1) is 12.5. The predicted octanol–water partition coefficient (Wildman–Crippen LogP) is 2.00. The molecular formula is C17H17FN6OS. The van der Waals surface area contributed by atoms with Crippen molar-refractivity contribution < 1.29 is 9.18 Å². The van der Waals surface area contributed by atoms with Crippen molar-refractivity contribution in [1.29, 1.82) is 0 Å². The van der Waals surface area contributed by atoms with E-state index in [2.05, 4.69) is 25.5 Å². The fourth-order valence-corrected chi connectivity index (χ4v) is 3.55. The van der Waals surface area contributed by atoms with E-state index in [4.69, 9.17) is 0 Å². The second-order valence-electron chi connectivity index (χ2n) is 6.22. The summed E-state index contributed by atoms with van der Waals surface area (Å²) in [6.07, 6.45) is 0. The largest absolute Gasteiger partial charge is 0.344 e. The van der Waals surface area contributed by atoms with Crippen molar-refractivity contribution in [2.24, 2.45) is 7.05 Å². The summed E-state index contributed by atoms with van der Waals surface area (Å²) in [7, 11) is 1.72. The molecule has 2 aromatic heterocycles. The lowest BCUT2D eigenvalue weighted by Gasteiger charge is -2.38. The van der Waals surface area contributed by atoms with E-state index in [-0.39, 0.29) is 17.8 Å². The van der Waals surface area contributed by atoms with Crippen LogP contribution in [0.5, 0.6) is 0 Å². The molecule has 1 aliphatic rings. The Kier molecular flexibility index (Phi) is 4.15. The van der Waals surface area contributed by atoms with Crippen molar-refractivity contribution in [3.05, 3.63) is 46.9 Å². The number of benzene rings is 1. The second-order valence-corrected chi connectivity index (χ2v) is 7.38. The molecule has 1 aromatic carbocycles. The van der Waals surface area contributed by atoms with Crippen molar-refractivity contribution in [3.63, 3.8) is 0 Å². The molecule has 9 heteroatoms. The number of nitrogens with zero attached hydrogens (tertiary/aromatic N) is 5. The SMILES string of the molecule is Cc1nnc(N2CC(NC(=O)c3cc(-c4ccc(F)cc4)nn3C)C2)s1. The number of nitrogens with one attached hydrogen (secondary N) is 1. The lowest BCUT2D eigenvalue weighted by molar-refractivity contribution is 0.0920. The van der Waals surface area contributed by atoms with Gasteiger partial charge in [-0.1, -0.05) is 11.3 Å². The molecule has 4 rings (SSSR count). The van der Waals surface area contributed by atoms with Gasteiger partial charge in [-0.3, -0.25) is 9.48 Å². The molecule has 134 valence electrons. The van der Waals surface area contributed by atoms with Crippen LogP contribution >= 0.6 is 11.3 Å². The van der Waals surface area contributed by atoms with Crippen molar-refractivity contribution >= 4 is 22.4 Å². The Morgan fingerprint density at radius 3 is 2.65 bits per heavy atom. The molecule has 0 atom stereocenters. The van der Waals surface area contributed by atoms with Crippen LogP contribution in [0.25, 0.3) is 11.3 Å². The molecule has 1 saturated heterocycles. The fourth-order valence-electron chi connectivity index (χ4n) is 2.84. The zero-order chi connectivity index (χ0) is 18.3. The lowest BCUT2D eigenvalue weighted by atomic mass is 10.1. The third-order valence-electron chi connectivity index (χ3n) is 4.26. The Balaban J connectivity index is 1.40. The minimum atomic E-state index is -0.303. The average Bonchev–Trinajstić information content (AvgIpc) is 3.17. The number of hydrogen-bond acceptors (Lipinski definition) is 6. The van der Waals surface area contributed by atoms with Crippen LogP contribution in [-0.4, -0.2) is 45.0 Å². The van der Waals surface area contributed by atoms with E-state index in [0.717, 1.165) is 15.7 Å². The topological polar surface area (TPSA) is 75.9 Å². The van der Waals surface area contributed by atoms with Gasteiger partial charge in [0.05, 0.1) is 11.7 Å². The van der Waals surface area contributed by atoms with Gasteiger partial charge in [0.2, 0.25) is 5.13 Å². The third kappa shape index (κ3) is 3.17. The van der Waals surface area contributed by atoms with Crippen LogP contribution in [0.4, 0.5) is 9.52 Å². The molecule has 0 spiro atoms. The first-order valence-electron chi connectivity index (χ1n) is 8.15. The van der Waals surface area contributed by atoms with Crippen molar-refractivity contribution in [1.82, 2.24) is 25.3 Å². The summed E-state index contributed by atoms with van der Waals surface area (Å²) >= 11 is 1.54. The predicted molar refractivity (Wildman–Crippen MR) is 96.7 cm³/mol. The minimum absolute atomic E-state index is 0.0656. The van der Waals surface area contributed by atoms with Crippen LogP contribution in [0, 0.1) is 12.7 Å². The Morgan fingerprint density at radius 1 is 1.27 bits per heavy atom. The number of amides is 1. The maximum absolute atomic E-state index is 13.1. The third-order valence-corrected chi connectivity index (χ3v) is 5.15. The van der Waals surface area contributed by atoms with Gasteiger partial charge in [0.1, 0.15) is 16.5 Å². The van der Waals surface area contributed by atoms with Crippen LogP contribution in [0.3, 0.4) is 0 Å². The van der Waals surface area contributed by atoms with Gasteiger partial charge in [0.25, 0.3) is 5.91 Å². The quantitative estimate of drug-likeness (QED) is 0.758. The van der Waals surface area contributed by atoms with E-state index >= 15 is 0 Å². The molecule has 3 heterocycles. The van der Waals surface area contributed by atoms with Crippen molar-refractivity contribution in [3.8, 4) is 11.3 Å². The van der Waals surface area contributed by atoms with Gasteiger partial charge in [0, 0.05) is 25.7 Å². The number of aromatic nitrogens is 4. The summed E-state index contributed by atoms with van der Waals surface area (Å²) in [5, 5.41) is 17.3. The molecule has 1 N–H and O–H groups in total. The van der Waals surface area contributed by atoms with Crippen LogP contribution in [0.2, 0.25) is 0 Å². The second kappa shape index (κ2) is 6.49. The molecule has 3 aromatic rings. The van der Waals surface area contributed by atoms with Gasteiger partial charge in [-0.25, -0.2) is 4.39 Å². The normalized spacial score (nSPS) is 14.3. The average molecular weight is 372 g/mol. The summed E-state index contributed by atoms with van der Waals surface area (Å²) in [4.78, 5) is 14.6. The highest BCUT2D eigenvalue weighted by Gasteiger charge is 2.31. The smallest absolute Gasteiger partial charge is 0.269 e. The van der Waals surface area contributed by atoms with Crippen LogP contribution in [0.15, 0.2) is 30.3 Å². The number of anilines is 1. The summed E-state index contributed by atoms with van der Waals surface area (Å²) in [5.74, 6) is -0.478. The highest BCUT2D eigenvalue weighted by atomic mass is 32.1. The molecular weight excluding hydrogens is 355 g/mol. The fraction of sp³-hybridized carbons (Fsp3) is 0.294. The number of halogens is 1. The van der Waals surface area contributed by atoms with Crippen LogP contribution in [0.1, 0.15) is 15.5 Å².